The molecule has 0 spiro atoms. The van der Waals surface area contributed by atoms with E-state index in [2.05, 4.69) is 11.4 Å². The fourth-order valence-corrected chi connectivity index (χ4v) is 4.04. The smallest absolute Gasteiger partial charge is 0.407 e. The highest BCUT2D eigenvalue weighted by molar-refractivity contribution is 5.85. The molecule has 146 valence electrons. The number of imidazole rings is 1. The van der Waals surface area contributed by atoms with Gasteiger partial charge in [-0.15, -0.1) is 12.4 Å². The standard InChI is InChI=1S/C19H24N4O3.ClH/c24-18-22(11-9-14-13-21(19(25)26)12-10-20-14)16-7-3-4-8-17(16)23(18)15-5-1-2-6-15;/h3-5,7-8,14,20H,1-2,6,9-13H2,(H,25,26);1H/t14-;/m1./s1. The minimum Gasteiger partial charge on any atom is -0.465 e. The van der Waals surface area contributed by atoms with Gasteiger partial charge in [0.1, 0.15) is 0 Å². The SMILES string of the molecule is Cl.O=C(O)N1CCN[C@H](CCn2c(=O)n(C3=CCCC3)c3ccccc32)C1. The van der Waals surface area contributed by atoms with E-state index in [9.17, 15) is 14.7 Å². The predicted octanol–water partition coefficient (Wildman–Crippen LogP) is 2.59. The lowest BCUT2D eigenvalue weighted by molar-refractivity contribution is 0.127. The molecule has 2 N–H and O–H groups in total. The first-order chi connectivity index (χ1) is 12.6. The van der Waals surface area contributed by atoms with Crippen LogP contribution >= 0.6 is 12.4 Å². The van der Waals surface area contributed by atoms with Gasteiger partial charge >= 0.3 is 11.8 Å². The summed E-state index contributed by atoms with van der Waals surface area (Å²) in [5.41, 5.74) is 2.99. The second-order valence-corrected chi connectivity index (χ2v) is 7.01. The lowest BCUT2D eigenvalue weighted by Crippen LogP contribution is -2.52. The molecule has 0 bridgehead atoms. The van der Waals surface area contributed by atoms with Crippen molar-refractivity contribution in [2.75, 3.05) is 19.6 Å². The number of aryl methyl sites for hydroxylation is 1. The second kappa shape index (κ2) is 8.19. The molecule has 1 aliphatic heterocycles. The molecule has 0 radical (unpaired) electrons. The Kier molecular flexibility index (Phi) is 5.92. The van der Waals surface area contributed by atoms with Crippen molar-refractivity contribution in [1.82, 2.24) is 19.4 Å². The van der Waals surface area contributed by atoms with Crippen molar-refractivity contribution < 1.29 is 9.90 Å². The van der Waals surface area contributed by atoms with Crippen LogP contribution in [0.2, 0.25) is 0 Å². The van der Waals surface area contributed by atoms with Crippen molar-refractivity contribution in [2.45, 2.75) is 38.3 Å². The normalized spacial score (nSPS) is 19.8. The molecular formula is C19H25ClN4O3. The van der Waals surface area contributed by atoms with Crippen LogP contribution in [0.25, 0.3) is 16.7 Å². The van der Waals surface area contributed by atoms with E-state index in [1.165, 1.54) is 4.90 Å². The van der Waals surface area contributed by atoms with Gasteiger partial charge in [0.2, 0.25) is 0 Å². The fourth-order valence-electron chi connectivity index (χ4n) is 4.04. The number of piperazine rings is 1. The summed E-state index contributed by atoms with van der Waals surface area (Å²) in [6.45, 7) is 2.21. The molecule has 0 saturated carbocycles. The van der Waals surface area contributed by atoms with E-state index in [1.807, 2.05) is 33.4 Å². The topological polar surface area (TPSA) is 79.5 Å². The average Bonchev–Trinajstić information content (AvgIpc) is 3.26. The van der Waals surface area contributed by atoms with Crippen LogP contribution in [-0.4, -0.2) is 50.9 Å². The number of nitrogens with zero attached hydrogens (tertiary/aromatic N) is 3. The molecule has 4 rings (SSSR count). The molecular weight excluding hydrogens is 368 g/mol. The van der Waals surface area contributed by atoms with E-state index in [0.717, 1.165) is 42.4 Å². The number of nitrogens with one attached hydrogen (secondary N) is 1. The van der Waals surface area contributed by atoms with Gasteiger partial charge in [0.15, 0.2) is 0 Å². The summed E-state index contributed by atoms with van der Waals surface area (Å²) in [6, 6.07) is 7.97. The zero-order valence-electron chi connectivity index (χ0n) is 15.1. The third kappa shape index (κ3) is 3.75. The number of amides is 1. The van der Waals surface area contributed by atoms with E-state index in [0.29, 0.717) is 26.2 Å². The number of fused-ring (bicyclic) bond motifs is 1. The first kappa shape index (κ1) is 19.5. The minimum atomic E-state index is -0.876. The van der Waals surface area contributed by atoms with E-state index in [-0.39, 0.29) is 24.1 Å². The number of aromatic nitrogens is 2. The Morgan fingerprint density at radius 3 is 2.74 bits per heavy atom. The Morgan fingerprint density at radius 2 is 2.04 bits per heavy atom. The Bertz CT molecular complexity index is 917. The molecule has 2 heterocycles. The number of benzene rings is 1. The van der Waals surface area contributed by atoms with E-state index < -0.39 is 6.09 Å². The zero-order chi connectivity index (χ0) is 18.1. The predicted molar refractivity (Wildman–Crippen MR) is 108 cm³/mol. The van der Waals surface area contributed by atoms with Crippen LogP contribution in [0.5, 0.6) is 0 Å². The van der Waals surface area contributed by atoms with Gasteiger partial charge < -0.3 is 15.3 Å². The molecule has 1 aromatic carbocycles. The summed E-state index contributed by atoms with van der Waals surface area (Å²) in [5, 5.41) is 12.5. The molecule has 1 amide bonds. The number of rotatable bonds is 4. The number of hydrogen-bond acceptors (Lipinski definition) is 3. The Hall–Kier alpha value is -2.25. The van der Waals surface area contributed by atoms with Gasteiger partial charge in [-0.2, -0.15) is 0 Å². The summed E-state index contributed by atoms with van der Waals surface area (Å²) in [4.78, 5) is 25.7. The number of hydrogen-bond donors (Lipinski definition) is 2. The first-order valence-electron chi connectivity index (χ1n) is 9.26. The van der Waals surface area contributed by atoms with Crippen LogP contribution < -0.4 is 11.0 Å². The summed E-state index contributed by atoms with van der Waals surface area (Å²) in [7, 11) is 0. The fraction of sp³-hybridized carbons (Fsp3) is 0.474. The van der Waals surface area contributed by atoms with E-state index >= 15 is 0 Å². The van der Waals surface area contributed by atoms with Crippen molar-refractivity contribution in [3.05, 3.63) is 40.8 Å². The van der Waals surface area contributed by atoms with Crippen molar-refractivity contribution in [3.8, 4) is 0 Å². The van der Waals surface area contributed by atoms with Crippen LogP contribution in [0, 0.1) is 0 Å². The van der Waals surface area contributed by atoms with E-state index in [4.69, 9.17) is 0 Å². The van der Waals surface area contributed by atoms with Gasteiger partial charge in [-0.25, -0.2) is 9.59 Å². The number of halogens is 1. The van der Waals surface area contributed by atoms with Crippen molar-refractivity contribution in [2.24, 2.45) is 0 Å². The third-order valence-electron chi connectivity index (χ3n) is 5.37. The van der Waals surface area contributed by atoms with Crippen LogP contribution in [0.3, 0.4) is 0 Å². The highest BCUT2D eigenvalue weighted by Crippen LogP contribution is 2.25. The molecule has 1 aromatic heterocycles. The summed E-state index contributed by atoms with van der Waals surface area (Å²) in [5.74, 6) is 0. The summed E-state index contributed by atoms with van der Waals surface area (Å²) >= 11 is 0. The molecule has 0 unspecified atom stereocenters. The van der Waals surface area contributed by atoms with Gasteiger partial charge in [0.05, 0.1) is 11.0 Å². The zero-order valence-corrected chi connectivity index (χ0v) is 16.0. The molecule has 1 atom stereocenters. The Labute approximate surface area is 163 Å². The summed E-state index contributed by atoms with van der Waals surface area (Å²) in [6.07, 6.45) is 5.06. The van der Waals surface area contributed by atoms with Crippen LogP contribution in [-0.2, 0) is 6.54 Å². The first-order valence-corrected chi connectivity index (χ1v) is 9.26. The largest absolute Gasteiger partial charge is 0.465 e. The van der Waals surface area contributed by atoms with Crippen LogP contribution in [0.1, 0.15) is 25.7 Å². The lowest BCUT2D eigenvalue weighted by Gasteiger charge is -2.31. The van der Waals surface area contributed by atoms with Crippen LogP contribution in [0.15, 0.2) is 35.1 Å². The number of carboxylic acid groups (broad SMARTS) is 1. The maximum Gasteiger partial charge on any atom is 0.407 e. The highest BCUT2D eigenvalue weighted by atomic mass is 35.5. The Balaban J connectivity index is 0.00000210. The quantitative estimate of drug-likeness (QED) is 0.838. The minimum absolute atomic E-state index is 0. The van der Waals surface area contributed by atoms with Crippen molar-refractivity contribution in [3.63, 3.8) is 0 Å². The monoisotopic (exact) mass is 392 g/mol. The number of allylic oxidation sites excluding steroid dienone is 2. The van der Waals surface area contributed by atoms with E-state index in [1.54, 1.807) is 0 Å². The van der Waals surface area contributed by atoms with Gasteiger partial charge in [-0.3, -0.25) is 9.13 Å². The molecule has 8 heteroatoms. The van der Waals surface area contributed by atoms with Crippen LogP contribution in [0.4, 0.5) is 4.79 Å². The van der Waals surface area contributed by atoms with Gasteiger partial charge in [0, 0.05) is 37.9 Å². The summed E-state index contributed by atoms with van der Waals surface area (Å²) < 4.78 is 3.68. The molecule has 7 nitrogen and oxygen atoms in total. The van der Waals surface area contributed by atoms with Gasteiger partial charge in [0.25, 0.3) is 0 Å². The number of carbonyl (C=O) groups is 1. The second-order valence-electron chi connectivity index (χ2n) is 7.01. The van der Waals surface area contributed by atoms with Crippen molar-refractivity contribution >= 4 is 35.2 Å². The maximum atomic E-state index is 13.1. The van der Waals surface area contributed by atoms with Gasteiger partial charge in [-0.1, -0.05) is 18.2 Å². The third-order valence-corrected chi connectivity index (χ3v) is 5.37. The highest BCUT2D eigenvalue weighted by Gasteiger charge is 2.23. The van der Waals surface area contributed by atoms with Gasteiger partial charge in [-0.05, 0) is 37.8 Å². The maximum absolute atomic E-state index is 13.1. The molecule has 27 heavy (non-hydrogen) atoms. The van der Waals surface area contributed by atoms with Crippen molar-refractivity contribution in [1.29, 1.82) is 0 Å². The molecule has 2 aromatic rings. The Morgan fingerprint density at radius 1 is 1.26 bits per heavy atom. The lowest BCUT2D eigenvalue weighted by atomic mass is 10.1. The average molecular weight is 393 g/mol. The molecule has 1 fully saturated rings. The number of para-hydroxylation sites is 2. The molecule has 1 aliphatic carbocycles. The molecule has 1 saturated heterocycles. The molecule has 2 aliphatic rings.